The fraction of sp³-hybridized carbons (Fsp3) is 0.0417. The number of carbonyl (C=O) groups is 1. The summed E-state index contributed by atoms with van der Waals surface area (Å²) in [5.41, 5.74) is 4.21. The summed E-state index contributed by atoms with van der Waals surface area (Å²) in [5, 5.41) is 2.95. The van der Waals surface area contributed by atoms with Crippen LogP contribution in [0.5, 0.6) is 0 Å². The number of aromatic nitrogens is 2. The Morgan fingerprint density at radius 1 is 0.862 bits per heavy atom. The van der Waals surface area contributed by atoms with E-state index in [0.717, 1.165) is 16.7 Å². The standard InChI is InChI=1S/C24H19N3O2/c1-16-14-22(28)27-23(25-16)18-10-7-11-19(15-18)26-24(29)21-13-6-5-12-20(21)17-8-3-2-4-9-17/h2-15H,1H3,(H,26,29)(H,25,27,28). The summed E-state index contributed by atoms with van der Waals surface area (Å²) >= 11 is 0. The lowest BCUT2D eigenvalue weighted by molar-refractivity contribution is 0.102. The number of nitrogens with zero attached hydrogens (tertiary/aromatic N) is 1. The van der Waals surface area contributed by atoms with Gasteiger partial charge < -0.3 is 10.3 Å². The summed E-state index contributed by atoms with van der Waals surface area (Å²) in [6.07, 6.45) is 0. The van der Waals surface area contributed by atoms with E-state index in [0.29, 0.717) is 22.8 Å². The molecule has 1 amide bonds. The highest BCUT2D eigenvalue weighted by Gasteiger charge is 2.13. The molecule has 1 heterocycles. The molecule has 29 heavy (non-hydrogen) atoms. The Kier molecular flexibility index (Phi) is 5.03. The number of benzene rings is 3. The van der Waals surface area contributed by atoms with Crippen molar-refractivity contribution in [2.24, 2.45) is 0 Å². The summed E-state index contributed by atoms with van der Waals surface area (Å²) in [5.74, 6) is 0.267. The Bertz CT molecular complexity index is 1230. The fourth-order valence-electron chi connectivity index (χ4n) is 3.21. The molecule has 0 spiro atoms. The van der Waals surface area contributed by atoms with Gasteiger partial charge >= 0.3 is 0 Å². The Morgan fingerprint density at radius 3 is 2.38 bits per heavy atom. The quantitative estimate of drug-likeness (QED) is 0.540. The number of rotatable bonds is 4. The summed E-state index contributed by atoms with van der Waals surface area (Å²) < 4.78 is 0. The van der Waals surface area contributed by atoms with Crippen molar-refractivity contribution in [1.82, 2.24) is 9.97 Å². The van der Waals surface area contributed by atoms with Crippen LogP contribution >= 0.6 is 0 Å². The molecule has 5 heteroatoms. The lowest BCUT2D eigenvalue weighted by atomic mass is 9.99. The molecular weight excluding hydrogens is 362 g/mol. The van der Waals surface area contributed by atoms with Crippen LogP contribution in [0, 0.1) is 6.92 Å². The van der Waals surface area contributed by atoms with Crippen molar-refractivity contribution in [3.63, 3.8) is 0 Å². The number of H-pyrrole nitrogens is 1. The molecule has 1 aromatic heterocycles. The van der Waals surface area contributed by atoms with Crippen molar-refractivity contribution in [3.8, 4) is 22.5 Å². The third-order valence-electron chi connectivity index (χ3n) is 4.52. The van der Waals surface area contributed by atoms with Crippen molar-refractivity contribution >= 4 is 11.6 Å². The third kappa shape index (κ3) is 4.14. The minimum Gasteiger partial charge on any atom is -0.322 e. The summed E-state index contributed by atoms with van der Waals surface area (Å²) in [6, 6.07) is 26.0. The molecule has 2 N–H and O–H groups in total. The molecule has 0 fully saturated rings. The summed E-state index contributed by atoms with van der Waals surface area (Å²) in [4.78, 5) is 31.8. The number of nitrogens with one attached hydrogen (secondary N) is 2. The van der Waals surface area contributed by atoms with Crippen molar-refractivity contribution < 1.29 is 4.79 Å². The first kappa shape index (κ1) is 18.4. The molecule has 0 aliphatic carbocycles. The van der Waals surface area contributed by atoms with Crippen molar-refractivity contribution in [2.75, 3.05) is 5.32 Å². The van der Waals surface area contributed by atoms with Crippen LogP contribution in [0.1, 0.15) is 16.1 Å². The average Bonchev–Trinajstić information content (AvgIpc) is 2.74. The number of hydrogen-bond donors (Lipinski definition) is 2. The molecule has 0 bridgehead atoms. The molecule has 4 rings (SSSR count). The van der Waals surface area contributed by atoms with E-state index in [4.69, 9.17) is 0 Å². The fourth-order valence-corrected chi connectivity index (χ4v) is 3.21. The normalized spacial score (nSPS) is 10.5. The van der Waals surface area contributed by atoms with Crippen molar-refractivity contribution in [1.29, 1.82) is 0 Å². The molecule has 0 radical (unpaired) electrons. The molecule has 0 saturated heterocycles. The second kappa shape index (κ2) is 7.94. The Hall–Kier alpha value is -3.99. The van der Waals surface area contributed by atoms with Crippen LogP contribution in [-0.4, -0.2) is 15.9 Å². The molecule has 142 valence electrons. The smallest absolute Gasteiger partial charge is 0.256 e. The van der Waals surface area contributed by atoms with Crippen molar-refractivity contribution in [2.45, 2.75) is 6.92 Å². The Morgan fingerprint density at radius 2 is 1.59 bits per heavy atom. The van der Waals surface area contributed by atoms with E-state index in [-0.39, 0.29) is 11.5 Å². The van der Waals surface area contributed by atoms with Gasteiger partial charge in [-0.1, -0.05) is 60.7 Å². The van der Waals surface area contributed by atoms with Gasteiger partial charge in [-0.15, -0.1) is 0 Å². The van der Waals surface area contributed by atoms with E-state index >= 15 is 0 Å². The van der Waals surface area contributed by atoms with E-state index in [2.05, 4.69) is 15.3 Å². The van der Waals surface area contributed by atoms with Gasteiger partial charge in [0.2, 0.25) is 0 Å². The first-order valence-corrected chi connectivity index (χ1v) is 9.24. The van der Waals surface area contributed by atoms with E-state index in [1.165, 1.54) is 6.07 Å². The minimum atomic E-state index is -0.210. The maximum absolute atomic E-state index is 13.0. The number of anilines is 1. The number of hydrogen-bond acceptors (Lipinski definition) is 3. The first-order valence-electron chi connectivity index (χ1n) is 9.24. The highest BCUT2D eigenvalue weighted by molar-refractivity contribution is 6.08. The molecule has 5 nitrogen and oxygen atoms in total. The van der Waals surface area contributed by atoms with Gasteiger partial charge in [0.05, 0.1) is 0 Å². The maximum atomic E-state index is 13.0. The Balaban J connectivity index is 1.64. The highest BCUT2D eigenvalue weighted by atomic mass is 16.1. The van der Waals surface area contributed by atoms with Crippen LogP contribution in [0.15, 0.2) is 89.7 Å². The van der Waals surface area contributed by atoms with E-state index in [1.54, 1.807) is 25.1 Å². The predicted molar refractivity (Wildman–Crippen MR) is 115 cm³/mol. The van der Waals surface area contributed by atoms with Gasteiger partial charge in [-0.3, -0.25) is 9.59 Å². The maximum Gasteiger partial charge on any atom is 0.256 e. The number of carbonyl (C=O) groups excluding carboxylic acids is 1. The second-order valence-corrected chi connectivity index (χ2v) is 6.68. The molecule has 4 aromatic rings. The zero-order chi connectivity index (χ0) is 20.2. The van der Waals surface area contributed by atoms with Gasteiger partial charge in [0, 0.05) is 28.6 Å². The van der Waals surface area contributed by atoms with E-state index < -0.39 is 0 Å². The van der Waals surface area contributed by atoms with Gasteiger partial charge in [-0.2, -0.15) is 0 Å². The third-order valence-corrected chi connectivity index (χ3v) is 4.52. The van der Waals surface area contributed by atoms with Gasteiger partial charge in [-0.05, 0) is 36.2 Å². The van der Waals surface area contributed by atoms with Crippen LogP contribution in [0.4, 0.5) is 5.69 Å². The van der Waals surface area contributed by atoms with Crippen molar-refractivity contribution in [3.05, 3.63) is 107 Å². The van der Waals surface area contributed by atoms with Gasteiger partial charge in [0.1, 0.15) is 5.82 Å². The largest absolute Gasteiger partial charge is 0.322 e. The van der Waals surface area contributed by atoms with Crippen LogP contribution in [0.3, 0.4) is 0 Å². The van der Waals surface area contributed by atoms with Gasteiger partial charge in [0.15, 0.2) is 0 Å². The van der Waals surface area contributed by atoms with E-state index in [9.17, 15) is 9.59 Å². The van der Waals surface area contributed by atoms with Crippen LogP contribution in [0.2, 0.25) is 0 Å². The van der Waals surface area contributed by atoms with E-state index in [1.807, 2.05) is 60.7 Å². The lowest BCUT2D eigenvalue weighted by Gasteiger charge is -2.11. The topological polar surface area (TPSA) is 74.8 Å². The number of amides is 1. The number of aryl methyl sites for hydroxylation is 1. The number of aromatic amines is 1. The van der Waals surface area contributed by atoms with Gasteiger partial charge in [-0.25, -0.2) is 4.98 Å². The molecule has 0 atom stereocenters. The zero-order valence-electron chi connectivity index (χ0n) is 15.8. The lowest BCUT2D eigenvalue weighted by Crippen LogP contribution is -2.13. The zero-order valence-corrected chi connectivity index (χ0v) is 15.8. The van der Waals surface area contributed by atoms with Gasteiger partial charge in [0.25, 0.3) is 11.5 Å². The summed E-state index contributed by atoms with van der Waals surface area (Å²) in [6.45, 7) is 1.77. The monoisotopic (exact) mass is 381 g/mol. The van der Waals surface area contributed by atoms with Crippen LogP contribution in [-0.2, 0) is 0 Å². The van der Waals surface area contributed by atoms with Crippen LogP contribution < -0.4 is 10.9 Å². The Labute approximate surface area is 168 Å². The molecule has 0 aliphatic heterocycles. The molecule has 0 unspecified atom stereocenters. The minimum absolute atomic E-state index is 0.202. The molecule has 0 saturated carbocycles. The molecular formula is C24H19N3O2. The summed E-state index contributed by atoms with van der Waals surface area (Å²) in [7, 11) is 0. The first-order chi connectivity index (χ1) is 14.1. The highest BCUT2D eigenvalue weighted by Crippen LogP contribution is 2.25. The molecule has 3 aromatic carbocycles. The predicted octanol–water partition coefficient (Wildman–Crippen LogP) is 4.66. The SMILES string of the molecule is Cc1cc(=O)[nH]c(-c2cccc(NC(=O)c3ccccc3-c3ccccc3)c2)n1. The average molecular weight is 381 g/mol. The second-order valence-electron chi connectivity index (χ2n) is 6.68. The van der Waals surface area contributed by atoms with Crippen LogP contribution in [0.25, 0.3) is 22.5 Å². The molecule has 0 aliphatic rings.